The highest BCUT2D eigenvalue weighted by atomic mass is 32.1. The van der Waals surface area contributed by atoms with Crippen LogP contribution in [0.3, 0.4) is 0 Å². The molecule has 4 nitrogen and oxygen atoms in total. The van der Waals surface area contributed by atoms with E-state index in [-0.39, 0.29) is 18.4 Å². The lowest BCUT2D eigenvalue weighted by atomic mass is 10.0. The average Bonchev–Trinajstić information content (AvgIpc) is 3.21. The second kappa shape index (κ2) is 9.14. The van der Waals surface area contributed by atoms with Crippen LogP contribution in [-0.2, 0) is 4.79 Å². The van der Waals surface area contributed by atoms with E-state index in [1.165, 1.54) is 16.9 Å². The van der Waals surface area contributed by atoms with Crippen LogP contribution in [-0.4, -0.2) is 24.9 Å². The van der Waals surface area contributed by atoms with Crippen molar-refractivity contribution < 1.29 is 9.59 Å². The van der Waals surface area contributed by atoms with Crippen LogP contribution < -0.4 is 10.6 Å². The molecular weight excluding hydrogens is 356 g/mol. The smallest absolute Gasteiger partial charge is 0.261 e. The van der Waals surface area contributed by atoms with Gasteiger partial charge in [-0.15, -0.1) is 11.3 Å². The molecule has 27 heavy (non-hydrogen) atoms. The highest BCUT2D eigenvalue weighted by Crippen LogP contribution is 2.30. The fraction of sp³-hybridized carbons (Fsp3) is 0.182. The molecule has 2 N–H and O–H groups in total. The molecule has 0 saturated carbocycles. The second-order valence-electron chi connectivity index (χ2n) is 6.14. The molecule has 2 aromatic carbocycles. The van der Waals surface area contributed by atoms with Gasteiger partial charge in [0.15, 0.2) is 0 Å². The molecule has 0 bridgehead atoms. The van der Waals surface area contributed by atoms with E-state index >= 15 is 0 Å². The predicted octanol–water partition coefficient (Wildman–Crippen LogP) is 4.34. The maximum atomic E-state index is 12.2. The van der Waals surface area contributed by atoms with Gasteiger partial charge in [0, 0.05) is 11.4 Å². The van der Waals surface area contributed by atoms with Crippen LogP contribution in [0.25, 0.3) is 21.6 Å². The highest BCUT2D eigenvalue weighted by molar-refractivity contribution is 7.17. The molecule has 0 unspecified atom stereocenters. The van der Waals surface area contributed by atoms with Gasteiger partial charge >= 0.3 is 0 Å². The van der Waals surface area contributed by atoms with Crippen molar-refractivity contribution in [3.8, 4) is 21.6 Å². The summed E-state index contributed by atoms with van der Waals surface area (Å²) in [6.07, 6.45) is 0.872. The minimum atomic E-state index is -0.223. The molecular formula is C22H22N2O2S. The van der Waals surface area contributed by atoms with Crippen LogP contribution in [0.2, 0.25) is 0 Å². The van der Waals surface area contributed by atoms with Crippen molar-refractivity contribution in [3.63, 3.8) is 0 Å². The van der Waals surface area contributed by atoms with Gasteiger partial charge in [0.25, 0.3) is 5.91 Å². The van der Waals surface area contributed by atoms with Crippen LogP contribution in [0.15, 0.2) is 66.7 Å². The Balaban J connectivity index is 1.63. The van der Waals surface area contributed by atoms with E-state index in [9.17, 15) is 9.59 Å². The SMILES string of the molecule is CCCNC(=O)CNC(=O)c1ccc(-c2ccc(-c3ccccc3)cc2)s1. The number of carbonyl (C=O) groups excluding carboxylic acids is 2. The first kappa shape index (κ1) is 18.9. The molecule has 0 spiro atoms. The zero-order valence-corrected chi connectivity index (χ0v) is 16.0. The van der Waals surface area contributed by atoms with E-state index in [1.54, 1.807) is 6.07 Å². The Kier molecular flexibility index (Phi) is 6.39. The van der Waals surface area contributed by atoms with Crippen molar-refractivity contribution in [1.82, 2.24) is 10.6 Å². The van der Waals surface area contributed by atoms with Gasteiger partial charge in [0.1, 0.15) is 0 Å². The Morgan fingerprint density at radius 3 is 2.19 bits per heavy atom. The van der Waals surface area contributed by atoms with E-state index in [0.717, 1.165) is 22.4 Å². The Morgan fingerprint density at radius 1 is 0.815 bits per heavy atom. The van der Waals surface area contributed by atoms with Crippen molar-refractivity contribution in [2.75, 3.05) is 13.1 Å². The molecule has 3 rings (SSSR count). The first-order valence-electron chi connectivity index (χ1n) is 8.98. The lowest BCUT2D eigenvalue weighted by molar-refractivity contribution is -0.120. The molecule has 0 aliphatic rings. The number of amides is 2. The molecule has 5 heteroatoms. The standard InChI is InChI=1S/C22H22N2O2S/c1-2-14-23-21(25)15-24-22(26)20-13-12-19(27-20)18-10-8-17(9-11-18)16-6-4-3-5-7-16/h3-13H,2,14-15H2,1H3,(H,23,25)(H,24,26). The summed E-state index contributed by atoms with van der Waals surface area (Å²) in [5.74, 6) is -0.391. The summed E-state index contributed by atoms with van der Waals surface area (Å²) in [5, 5.41) is 5.40. The third-order valence-corrected chi connectivity index (χ3v) is 5.22. The number of carbonyl (C=O) groups is 2. The molecule has 0 saturated heterocycles. The van der Waals surface area contributed by atoms with E-state index < -0.39 is 0 Å². The average molecular weight is 378 g/mol. The van der Waals surface area contributed by atoms with Crippen LogP contribution >= 0.6 is 11.3 Å². The van der Waals surface area contributed by atoms with Crippen molar-refractivity contribution in [3.05, 3.63) is 71.6 Å². The Hall–Kier alpha value is -2.92. The summed E-state index contributed by atoms with van der Waals surface area (Å²) in [5.41, 5.74) is 3.41. The Bertz CT molecular complexity index is 902. The summed E-state index contributed by atoms with van der Waals surface area (Å²) in [6.45, 7) is 2.60. The third-order valence-electron chi connectivity index (χ3n) is 4.09. The zero-order valence-electron chi connectivity index (χ0n) is 15.2. The van der Waals surface area contributed by atoms with Gasteiger partial charge in [-0.3, -0.25) is 9.59 Å². The van der Waals surface area contributed by atoms with E-state index in [2.05, 4.69) is 47.0 Å². The van der Waals surface area contributed by atoms with Gasteiger partial charge in [0.05, 0.1) is 11.4 Å². The fourth-order valence-electron chi connectivity index (χ4n) is 2.65. The zero-order chi connectivity index (χ0) is 19.1. The lowest BCUT2D eigenvalue weighted by Gasteiger charge is -2.05. The minimum absolute atomic E-state index is 0.00214. The summed E-state index contributed by atoms with van der Waals surface area (Å²) in [4.78, 5) is 25.4. The summed E-state index contributed by atoms with van der Waals surface area (Å²) < 4.78 is 0. The summed E-state index contributed by atoms with van der Waals surface area (Å²) in [6, 6.07) is 22.2. The van der Waals surface area contributed by atoms with Crippen molar-refractivity contribution >= 4 is 23.2 Å². The van der Waals surface area contributed by atoms with Gasteiger partial charge in [0.2, 0.25) is 5.91 Å². The minimum Gasteiger partial charge on any atom is -0.355 e. The first-order valence-corrected chi connectivity index (χ1v) is 9.79. The van der Waals surface area contributed by atoms with Crippen LogP contribution in [0.4, 0.5) is 0 Å². The van der Waals surface area contributed by atoms with Crippen LogP contribution in [0.1, 0.15) is 23.0 Å². The molecule has 0 atom stereocenters. The molecule has 1 heterocycles. The number of rotatable bonds is 7. The molecule has 2 amide bonds. The largest absolute Gasteiger partial charge is 0.355 e. The molecule has 3 aromatic rings. The van der Waals surface area contributed by atoms with Gasteiger partial charge in [-0.1, -0.05) is 61.5 Å². The monoisotopic (exact) mass is 378 g/mol. The topological polar surface area (TPSA) is 58.2 Å². The van der Waals surface area contributed by atoms with E-state index in [0.29, 0.717) is 11.4 Å². The second-order valence-corrected chi connectivity index (χ2v) is 7.22. The Morgan fingerprint density at radius 2 is 1.48 bits per heavy atom. The molecule has 0 fully saturated rings. The van der Waals surface area contributed by atoms with Crippen molar-refractivity contribution in [2.45, 2.75) is 13.3 Å². The lowest BCUT2D eigenvalue weighted by Crippen LogP contribution is -2.36. The molecule has 138 valence electrons. The van der Waals surface area contributed by atoms with Gasteiger partial charge in [-0.2, -0.15) is 0 Å². The number of hydrogen-bond donors (Lipinski definition) is 2. The van der Waals surface area contributed by atoms with Gasteiger partial charge in [-0.05, 0) is 35.2 Å². The van der Waals surface area contributed by atoms with E-state index in [1.807, 2.05) is 31.2 Å². The predicted molar refractivity (Wildman–Crippen MR) is 111 cm³/mol. The normalized spacial score (nSPS) is 10.4. The van der Waals surface area contributed by atoms with Gasteiger partial charge in [-0.25, -0.2) is 0 Å². The fourth-order valence-corrected chi connectivity index (χ4v) is 3.58. The molecule has 0 aliphatic carbocycles. The third kappa shape index (κ3) is 5.05. The molecule has 0 radical (unpaired) electrons. The summed E-state index contributed by atoms with van der Waals surface area (Å²) >= 11 is 1.42. The van der Waals surface area contributed by atoms with Crippen molar-refractivity contribution in [2.24, 2.45) is 0 Å². The van der Waals surface area contributed by atoms with Crippen LogP contribution in [0, 0.1) is 0 Å². The number of nitrogens with one attached hydrogen (secondary N) is 2. The van der Waals surface area contributed by atoms with Gasteiger partial charge < -0.3 is 10.6 Å². The molecule has 0 aliphatic heterocycles. The van der Waals surface area contributed by atoms with E-state index in [4.69, 9.17) is 0 Å². The summed E-state index contributed by atoms with van der Waals surface area (Å²) in [7, 11) is 0. The van der Waals surface area contributed by atoms with Crippen LogP contribution in [0.5, 0.6) is 0 Å². The van der Waals surface area contributed by atoms with Crippen molar-refractivity contribution in [1.29, 1.82) is 0 Å². The highest BCUT2D eigenvalue weighted by Gasteiger charge is 2.11. The molecule has 1 aromatic heterocycles. The number of hydrogen-bond acceptors (Lipinski definition) is 3. The quantitative estimate of drug-likeness (QED) is 0.643. The number of thiophene rings is 1. The number of benzene rings is 2. The first-order chi connectivity index (χ1) is 13.2. The maximum absolute atomic E-state index is 12.2. The maximum Gasteiger partial charge on any atom is 0.261 e. The Labute approximate surface area is 163 Å².